The molecule has 3 heteroatoms. The first-order valence-corrected chi connectivity index (χ1v) is 5.03. The van der Waals surface area contributed by atoms with E-state index in [1.807, 2.05) is 26.0 Å². The second-order valence-corrected chi connectivity index (χ2v) is 3.49. The van der Waals surface area contributed by atoms with E-state index < -0.39 is 0 Å². The molecular weight excluding hydrogens is 191 g/mol. The van der Waals surface area contributed by atoms with Crippen LogP contribution in [0.3, 0.4) is 0 Å². The highest BCUT2D eigenvalue weighted by Gasteiger charge is 2.09. The van der Waals surface area contributed by atoms with Gasteiger partial charge < -0.3 is 0 Å². The van der Waals surface area contributed by atoms with Crippen molar-refractivity contribution in [2.75, 3.05) is 0 Å². The van der Waals surface area contributed by atoms with Crippen molar-refractivity contribution in [3.8, 4) is 5.69 Å². The molecule has 0 amide bonds. The molecule has 0 unspecified atom stereocenters. The molecule has 0 N–H and O–H groups in total. The molecule has 0 aliphatic rings. The Balaban J connectivity index is 2.58. The van der Waals surface area contributed by atoms with Crippen molar-refractivity contribution in [3.05, 3.63) is 47.5 Å². The number of nitrogens with zero attached hydrogens (tertiary/aromatic N) is 2. The maximum atomic E-state index is 13.5. The predicted molar refractivity (Wildman–Crippen MR) is 57.6 cm³/mol. The van der Waals surface area contributed by atoms with Gasteiger partial charge in [-0.2, -0.15) is 5.10 Å². The molecule has 2 nitrogen and oxygen atoms in total. The van der Waals surface area contributed by atoms with Gasteiger partial charge >= 0.3 is 0 Å². The Morgan fingerprint density at radius 1 is 1.33 bits per heavy atom. The smallest absolute Gasteiger partial charge is 0.148 e. The average molecular weight is 204 g/mol. The van der Waals surface area contributed by atoms with Crippen molar-refractivity contribution in [3.63, 3.8) is 0 Å². The van der Waals surface area contributed by atoms with Gasteiger partial charge in [-0.3, -0.25) is 0 Å². The Labute approximate surface area is 88.4 Å². The van der Waals surface area contributed by atoms with E-state index >= 15 is 0 Å². The Morgan fingerprint density at radius 2 is 2.07 bits per heavy atom. The van der Waals surface area contributed by atoms with Gasteiger partial charge in [-0.25, -0.2) is 9.07 Å². The van der Waals surface area contributed by atoms with Crippen LogP contribution in [0.1, 0.15) is 18.3 Å². The molecule has 0 saturated heterocycles. The second-order valence-electron chi connectivity index (χ2n) is 3.49. The van der Waals surface area contributed by atoms with Crippen molar-refractivity contribution >= 4 is 0 Å². The fourth-order valence-corrected chi connectivity index (χ4v) is 1.64. The quantitative estimate of drug-likeness (QED) is 0.735. The molecule has 0 aliphatic carbocycles. The summed E-state index contributed by atoms with van der Waals surface area (Å²) < 4.78 is 15.2. The largest absolute Gasteiger partial charge is 0.235 e. The van der Waals surface area contributed by atoms with Gasteiger partial charge in [0, 0.05) is 5.69 Å². The van der Waals surface area contributed by atoms with Gasteiger partial charge in [-0.15, -0.1) is 0 Å². The molecule has 0 fully saturated rings. The Bertz CT molecular complexity index is 474. The number of para-hydroxylation sites is 1. The van der Waals surface area contributed by atoms with Crippen LogP contribution in [0.5, 0.6) is 0 Å². The molecule has 1 aromatic heterocycles. The third-order valence-electron chi connectivity index (χ3n) is 2.35. The van der Waals surface area contributed by atoms with Crippen LogP contribution < -0.4 is 0 Å². The zero-order valence-corrected chi connectivity index (χ0v) is 8.87. The first-order valence-electron chi connectivity index (χ1n) is 5.03. The van der Waals surface area contributed by atoms with Gasteiger partial charge in [-0.05, 0) is 31.5 Å². The second kappa shape index (κ2) is 3.85. The molecule has 0 saturated carbocycles. The van der Waals surface area contributed by atoms with Crippen molar-refractivity contribution in [1.82, 2.24) is 9.78 Å². The zero-order valence-electron chi connectivity index (χ0n) is 8.87. The lowest BCUT2D eigenvalue weighted by Crippen LogP contribution is -2.03. The van der Waals surface area contributed by atoms with Crippen LogP contribution in [-0.4, -0.2) is 9.78 Å². The van der Waals surface area contributed by atoms with E-state index in [1.54, 1.807) is 16.8 Å². The molecule has 0 spiro atoms. The fourth-order valence-electron chi connectivity index (χ4n) is 1.64. The summed E-state index contributed by atoms with van der Waals surface area (Å²) in [4.78, 5) is 0. The molecule has 1 aromatic carbocycles. The van der Waals surface area contributed by atoms with Gasteiger partial charge in [0.1, 0.15) is 11.5 Å². The highest BCUT2D eigenvalue weighted by molar-refractivity contribution is 5.35. The van der Waals surface area contributed by atoms with Crippen LogP contribution >= 0.6 is 0 Å². The number of benzene rings is 1. The number of aromatic nitrogens is 2. The van der Waals surface area contributed by atoms with Crippen LogP contribution in [-0.2, 0) is 6.42 Å². The van der Waals surface area contributed by atoms with Crippen LogP contribution in [0.4, 0.5) is 4.39 Å². The topological polar surface area (TPSA) is 17.8 Å². The lowest BCUT2D eigenvalue weighted by atomic mass is 10.2. The predicted octanol–water partition coefficient (Wildman–Crippen LogP) is 2.88. The molecule has 0 atom stereocenters. The lowest BCUT2D eigenvalue weighted by Gasteiger charge is -2.06. The van der Waals surface area contributed by atoms with Crippen molar-refractivity contribution < 1.29 is 4.39 Å². The standard InChI is InChI=1S/C12H13FN2/c1-3-10-8-9(2)14-15(10)12-7-5-4-6-11(12)13/h4-8H,3H2,1-2H3. The highest BCUT2D eigenvalue weighted by Crippen LogP contribution is 2.16. The van der Waals surface area contributed by atoms with Gasteiger partial charge in [0.2, 0.25) is 0 Å². The van der Waals surface area contributed by atoms with Gasteiger partial charge in [0.15, 0.2) is 0 Å². The third-order valence-corrected chi connectivity index (χ3v) is 2.35. The number of hydrogen-bond donors (Lipinski definition) is 0. The van der Waals surface area contributed by atoms with E-state index in [-0.39, 0.29) is 5.82 Å². The van der Waals surface area contributed by atoms with Gasteiger partial charge in [0.25, 0.3) is 0 Å². The summed E-state index contributed by atoms with van der Waals surface area (Å²) in [6.45, 7) is 3.95. The van der Waals surface area contributed by atoms with Crippen molar-refractivity contribution in [2.45, 2.75) is 20.3 Å². The number of rotatable bonds is 2. The van der Waals surface area contributed by atoms with E-state index in [1.165, 1.54) is 6.07 Å². The SMILES string of the molecule is CCc1cc(C)nn1-c1ccccc1F. The highest BCUT2D eigenvalue weighted by atomic mass is 19.1. The summed E-state index contributed by atoms with van der Waals surface area (Å²) in [6, 6.07) is 8.66. The maximum absolute atomic E-state index is 13.5. The van der Waals surface area contributed by atoms with E-state index in [4.69, 9.17) is 0 Å². The summed E-state index contributed by atoms with van der Waals surface area (Å²) in [5.41, 5.74) is 2.45. The molecule has 15 heavy (non-hydrogen) atoms. The van der Waals surface area contributed by atoms with Gasteiger partial charge in [0.05, 0.1) is 5.69 Å². The summed E-state index contributed by atoms with van der Waals surface area (Å²) in [7, 11) is 0. The first kappa shape index (κ1) is 9.90. The summed E-state index contributed by atoms with van der Waals surface area (Å²) in [5, 5.41) is 4.29. The van der Waals surface area contributed by atoms with E-state index in [9.17, 15) is 4.39 Å². The Kier molecular flexibility index (Phi) is 2.54. The molecule has 1 heterocycles. The molecule has 0 bridgehead atoms. The lowest BCUT2D eigenvalue weighted by molar-refractivity contribution is 0.606. The maximum Gasteiger partial charge on any atom is 0.148 e. The summed E-state index contributed by atoms with van der Waals surface area (Å²) in [5.74, 6) is -0.240. The van der Waals surface area contributed by atoms with E-state index in [0.29, 0.717) is 5.69 Å². The summed E-state index contributed by atoms with van der Waals surface area (Å²) >= 11 is 0. The van der Waals surface area contributed by atoms with E-state index in [0.717, 1.165) is 17.8 Å². The van der Waals surface area contributed by atoms with Crippen LogP contribution in [0.2, 0.25) is 0 Å². The molecule has 2 rings (SSSR count). The van der Waals surface area contributed by atoms with Crippen molar-refractivity contribution in [1.29, 1.82) is 0 Å². The number of halogens is 1. The van der Waals surface area contributed by atoms with Crippen molar-refractivity contribution in [2.24, 2.45) is 0 Å². The molecular formula is C12H13FN2. The fraction of sp³-hybridized carbons (Fsp3) is 0.250. The Hall–Kier alpha value is -1.64. The average Bonchev–Trinajstić information content (AvgIpc) is 2.60. The Morgan fingerprint density at radius 3 is 2.73 bits per heavy atom. The van der Waals surface area contributed by atoms with Crippen LogP contribution in [0.25, 0.3) is 5.69 Å². The first-order chi connectivity index (χ1) is 7.22. The normalized spacial score (nSPS) is 10.6. The monoisotopic (exact) mass is 204 g/mol. The van der Waals surface area contributed by atoms with E-state index in [2.05, 4.69) is 5.10 Å². The summed E-state index contributed by atoms with van der Waals surface area (Å²) in [6.07, 6.45) is 0.842. The van der Waals surface area contributed by atoms with Gasteiger partial charge in [-0.1, -0.05) is 19.1 Å². The minimum absolute atomic E-state index is 0.240. The molecule has 0 aliphatic heterocycles. The molecule has 0 radical (unpaired) electrons. The molecule has 2 aromatic rings. The van der Waals surface area contributed by atoms with Crippen LogP contribution in [0.15, 0.2) is 30.3 Å². The zero-order chi connectivity index (χ0) is 10.8. The third kappa shape index (κ3) is 1.77. The van der Waals surface area contributed by atoms with Crippen LogP contribution in [0, 0.1) is 12.7 Å². The number of aryl methyl sites for hydroxylation is 2. The minimum Gasteiger partial charge on any atom is -0.235 e. The minimum atomic E-state index is -0.240. The number of hydrogen-bond acceptors (Lipinski definition) is 1. The molecule has 78 valence electrons.